The second-order valence-corrected chi connectivity index (χ2v) is 5.71. The van der Waals surface area contributed by atoms with Crippen molar-refractivity contribution in [3.05, 3.63) is 70.8 Å². The van der Waals surface area contributed by atoms with E-state index in [1.54, 1.807) is 0 Å². The molecule has 1 nitrogen and oxygen atoms in total. The summed E-state index contributed by atoms with van der Waals surface area (Å²) >= 11 is 0. The zero-order valence-electron chi connectivity index (χ0n) is 12.3. The molecule has 0 saturated carbocycles. The predicted molar refractivity (Wildman–Crippen MR) is 84.9 cm³/mol. The van der Waals surface area contributed by atoms with E-state index in [4.69, 9.17) is 0 Å². The Morgan fingerprint density at radius 1 is 0.800 bits per heavy atom. The lowest BCUT2D eigenvalue weighted by Gasteiger charge is -2.19. The number of benzene rings is 2. The van der Waals surface area contributed by atoms with Crippen molar-refractivity contribution < 1.29 is 0 Å². The van der Waals surface area contributed by atoms with Crippen molar-refractivity contribution in [2.24, 2.45) is 0 Å². The van der Waals surface area contributed by atoms with E-state index in [1.165, 1.54) is 48.2 Å². The van der Waals surface area contributed by atoms with E-state index in [2.05, 4.69) is 60.4 Å². The van der Waals surface area contributed by atoms with Crippen molar-refractivity contribution in [1.29, 1.82) is 0 Å². The summed E-state index contributed by atoms with van der Waals surface area (Å²) in [5, 5.41) is 0. The number of nitrogens with zero attached hydrogens (tertiary/aromatic N) is 1. The van der Waals surface area contributed by atoms with Crippen LogP contribution >= 0.6 is 0 Å². The smallest absolute Gasteiger partial charge is 0.0233 e. The summed E-state index contributed by atoms with van der Waals surface area (Å²) in [6.07, 6.45) is 3.49. The van der Waals surface area contributed by atoms with Crippen LogP contribution in [0.2, 0.25) is 0 Å². The van der Waals surface area contributed by atoms with E-state index in [-0.39, 0.29) is 0 Å². The molecular formula is C19H23N. The van der Waals surface area contributed by atoms with E-state index in [0.29, 0.717) is 0 Å². The Labute approximate surface area is 122 Å². The van der Waals surface area contributed by atoms with Crippen molar-refractivity contribution in [3.63, 3.8) is 0 Å². The summed E-state index contributed by atoms with van der Waals surface area (Å²) in [6, 6.07) is 18.0. The minimum atomic E-state index is 1.08. The second kappa shape index (κ2) is 6.23. The Bertz CT molecular complexity index is 529. The van der Waals surface area contributed by atoms with Crippen molar-refractivity contribution in [3.8, 4) is 0 Å². The zero-order valence-corrected chi connectivity index (χ0v) is 12.3. The molecule has 0 saturated heterocycles. The minimum Gasteiger partial charge on any atom is -0.298 e. The number of aryl methyl sites for hydroxylation is 1. The fourth-order valence-electron chi connectivity index (χ4n) is 3.01. The van der Waals surface area contributed by atoms with Gasteiger partial charge in [0.1, 0.15) is 0 Å². The summed E-state index contributed by atoms with van der Waals surface area (Å²) in [6.45, 7) is 5.64. The number of rotatable bonds is 3. The van der Waals surface area contributed by atoms with Gasteiger partial charge in [-0.25, -0.2) is 0 Å². The second-order valence-electron chi connectivity index (χ2n) is 5.71. The summed E-state index contributed by atoms with van der Waals surface area (Å²) in [7, 11) is 0. The van der Waals surface area contributed by atoms with Crippen LogP contribution in [0.3, 0.4) is 0 Å². The maximum Gasteiger partial charge on any atom is 0.0233 e. The van der Waals surface area contributed by atoms with Crippen molar-refractivity contribution >= 4 is 0 Å². The quantitative estimate of drug-likeness (QED) is 0.815. The summed E-state index contributed by atoms with van der Waals surface area (Å²) < 4.78 is 0. The Hall–Kier alpha value is -1.60. The monoisotopic (exact) mass is 265 g/mol. The molecule has 104 valence electrons. The molecule has 1 heterocycles. The molecule has 0 unspecified atom stereocenters. The van der Waals surface area contributed by atoms with E-state index in [0.717, 1.165) is 13.0 Å². The van der Waals surface area contributed by atoms with Gasteiger partial charge in [-0.2, -0.15) is 0 Å². The molecule has 0 atom stereocenters. The molecule has 0 radical (unpaired) electrons. The maximum atomic E-state index is 2.58. The van der Waals surface area contributed by atoms with Crippen LogP contribution in [0.15, 0.2) is 48.5 Å². The van der Waals surface area contributed by atoms with E-state index < -0.39 is 0 Å². The fourth-order valence-corrected chi connectivity index (χ4v) is 3.01. The highest BCUT2D eigenvalue weighted by Crippen LogP contribution is 2.17. The molecule has 0 aromatic heterocycles. The van der Waals surface area contributed by atoms with Crippen LogP contribution in [0.25, 0.3) is 0 Å². The molecule has 20 heavy (non-hydrogen) atoms. The van der Waals surface area contributed by atoms with Gasteiger partial charge in [0, 0.05) is 19.6 Å². The van der Waals surface area contributed by atoms with Crippen molar-refractivity contribution in [2.45, 2.75) is 32.7 Å². The predicted octanol–water partition coefficient (Wildman–Crippen LogP) is 3.85. The van der Waals surface area contributed by atoms with Crippen LogP contribution in [-0.4, -0.2) is 18.0 Å². The normalized spacial score (nSPS) is 15.7. The Morgan fingerprint density at radius 3 is 1.90 bits per heavy atom. The number of fused-ring (bicyclic) bond motifs is 1. The largest absolute Gasteiger partial charge is 0.298 e. The summed E-state index contributed by atoms with van der Waals surface area (Å²) in [5.74, 6) is 0. The van der Waals surface area contributed by atoms with Gasteiger partial charge >= 0.3 is 0 Å². The highest BCUT2D eigenvalue weighted by molar-refractivity contribution is 5.29. The van der Waals surface area contributed by atoms with Crippen LogP contribution in [0.4, 0.5) is 0 Å². The third-order valence-electron chi connectivity index (χ3n) is 4.35. The van der Waals surface area contributed by atoms with Crippen LogP contribution in [0, 0.1) is 0 Å². The van der Waals surface area contributed by atoms with E-state index in [1.807, 2.05) is 0 Å². The fraction of sp³-hybridized carbons (Fsp3) is 0.368. The van der Waals surface area contributed by atoms with Gasteiger partial charge in [0.15, 0.2) is 0 Å². The van der Waals surface area contributed by atoms with Gasteiger partial charge in [0.25, 0.3) is 0 Å². The third-order valence-corrected chi connectivity index (χ3v) is 4.35. The average molecular weight is 265 g/mol. The van der Waals surface area contributed by atoms with Gasteiger partial charge < -0.3 is 0 Å². The molecule has 0 aliphatic carbocycles. The molecule has 1 aliphatic heterocycles. The maximum absolute atomic E-state index is 2.58. The molecule has 1 heteroatoms. The van der Waals surface area contributed by atoms with Crippen LogP contribution in [-0.2, 0) is 25.8 Å². The minimum absolute atomic E-state index is 1.08. The zero-order chi connectivity index (χ0) is 13.8. The molecule has 3 rings (SSSR count). The van der Waals surface area contributed by atoms with Gasteiger partial charge in [0.2, 0.25) is 0 Å². The van der Waals surface area contributed by atoms with Gasteiger partial charge in [-0.3, -0.25) is 4.90 Å². The molecular weight excluding hydrogens is 242 g/mol. The number of hydrogen-bond donors (Lipinski definition) is 0. The van der Waals surface area contributed by atoms with Gasteiger partial charge in [0.05, 0.1) is 0 Å². The first-order valence-corrected chi connectivity index (χ1v) is 7.72. The van der Waals surface area contributed by atoms with Crippen LogP contribution in [0.1, 0.15) is 29.2 Å². The topological polar surface area (TPSA) is 3.24 Å². The van der Waals surface area contributed by atoms with Crippen molar-refractivity contribution in [1.82, 2.24) is 4.90 Å². The average Bonchev–Trinajstić information content (AvgIpc) is 2.71. The van der Waals surface area contributed by atoms with Gasteiger partial charge in [-0.1, -0.05) is 55.5 Å². The summed E-state index contributed by atoms with van der Waals surface area (Å²) in [4.78, 5) is 2.58. The molecule has 0 amide bonds. The standard InChI is InChI=1S/C19H23N/c1-2-16-7-9-17(10-8-16)15-20-13-11-18-5-3-4-6-19(18)12-14-20/h3-10H,2,11-15H2,1H3. The first-order chi connectivity index (χ1) is 9.85. The SMILES string of the molecule is CCc1ccc(CN2CCc3ccccc3CC2)cc1. The molecule has 0 spiro atoms. The highest BCUT2D eigenvalue weighted by Gasteiger charge is 2.13. The van der Waals surface area contributed by atoms with Gasteiger partial charge in [-0.15, -0.1) is 0 Å². The van der Waals surface area contributed by atoms with Gasteiger partial charge in [-0.05, 0) is 41.5 Å². The molecule has 1 aliphatic rings. The lowest BCUT2D eigenvalue weighted by atomic mass is 10.0. The lowest BCUT2D eigenvalue weighted by Crippen LogP contribution is -2.25. The first kappa shape index (κ1) is 13.4. The van der Waals surface area contributed by atoms with E-state index in [9.17, 15) is 0 Å². The van der Waals surface area contributed by atoms with Crippen molar-refractivity contribution in [2.75, 3.05) is 13.1 Å². The Morgan fingerprint density at radius 2 is 1.35 bits per heavy atom. The van der Waals surface area contributed by atoms with Crippen LogP contribution in [0.5, 0.6) is 0 Å². The molecule has 2 aromatic carbocycles. The molecule has 0 N–H and O–H groups in total. The molecule has 0 fully saturated rings. The Balaban J connectivity index is 1.65. The molecule has 2 aromatic rings. The Kier molecular flexibility index (Phi) is 4.17. The summed E-state index contributed by atoms with van der Waals surface area (Å²) in [5.41, 5.74) is 5.94. The van der Waals surface area contributed by atoms with E-state index >= 15 is 0 Å². The van der Waals surface area contributed by atoms with Crippen LogP contribution < -0.4 is 0 Å². The number of hydrogen-bond acceptors (Lipinski definition) is 1. The first-order valence-electron chi connectivity index (χ1n) is 7.72. The third kappa shape index (κ3) is 3.10. The lowest BCUT2D eigenvalue weighted by molar-refractivity contribution is 0.279. The highest BCUT2D eigenvalue weighted by atomic mass is 15.1. The molecule has 0 bridgehead atoms.